The number of methoxy groups -OCH3 is 1. The molecule has 2 N–H and O–H groups in total. The van der Waals surface area contributed by atoms with Crippen molar-refractivity contribution in [2.45, 2.75) is 13.3 Å². The van der Waals surface area contributed by atoms with Gasteiger partial charge in [0.25, 0.3) is 17.7 Å². The number of esters is 1. The van der Waals surface area contributed by atoms with Gasteiger partial charge in [-0.05, 0) is 54.4 Å². The number of para-hydroxylation sites is 1. The highest BCUT2D eigenvalue weighted by molar-refractivity contribution is 6.53. The van der Waals surface area contributed by atoms with Crippen LogP contribution in [0.4, 0.5) is 17.1 Å². The molecule has 3 aromatic rings. The monoisotopic (exact) mass is 503 g/mol. The highest BCUT2D eigenvalue weighted by Crippen LogP contribution is 2.31. The third-order valence-electron chi connectivity index (χ3n) is 5.59. The molecular weight excluding hydrogens is 482 g/mol. The number of carbonyl (C=O) groups is 4. The third kappa shape index (κ3) is 4.85. The number of amides is 3. The van der Waals surface area contributed by atoms with Crippen molar-refractivity contribution in [2.24, 2.45) is 0 Å². The number of halogens is 1. The molecule has 3 amide bonds. The van der Waals surface area contributed by atoms with Crippen LogP contribution >= 0.6 is 11.6 Å². The summed E-state index contributed by atoms with van der Waals surface area (Å²) in [4.78, 5) is 51.5. The summed E-state index contributed by atoms with van der Waals surface area (Å²) in [6, 6.07) is 19.9. The van der Waals surface area contributed by atoms with Crippen molar-refractivity contribution >= 4 is 52.4 Å². The number of nitrogens with zero attached hydrogens (tertiary/aromatic N) is 1. The van der Waals surface area contributed by atoms with E-state index in [-0.39, 0.29) is 27.9 Å². The van der Waals surface area contributed by atoms with Crippen LogP contribution in [0.25, 0.3) is 0 Å². The Kier molecular flexibility index (Phi) is 7.17. The lowest BCUT2D eigenvalue weighted by atomic mass is 10.1. The maximum absolute atomic E-state index is 13.1. The molecule has 0 aromatic heterocycles. The summed E-state index contributed by atoms with van der Waals surface area (Å²) >= 11 is 6.22. The van der Waals surface area contributed by atoms with Crippen LogP contribution in [0, 0.1) is 0 Å². The number of ether oxygens (including phenoxy) is 1. The van der Waals surface area contributed by atoms with Crippen molar-refractivity contribution in [3.05, 3.63) is 100 Å². The summed E-state index contributed by atoms with van der Waals surface area (Å²) in [7, 11) is 1.23. The van der Waals surface area contributed by atoms with Gasteiger partial charge in [-0.3, -0.25) is 14.4 Å². The van der Waals surface area contributed by atoms with Crippen molar-refractivity contribution in [3.63, 3.8) is 0 Å². The van der Waals surface area contributed by atoms with Crippen LogP contribution < -0.4 is 15.5 Å². The van der Waals surface area contributed by atoms with E-state index < -0.39 is 17.8 Å². The Labute approximate surface area is 212 Å². The van der Waals surface area contributed by atoms with Gasteiger partial charge in [0.1, 0.15) is 10.7 Å². The zero-order valence-corrected chi connectivity index (χ0v) is 20.3. The van der Waals surface area contributed by atoms with Crippen LogP contribution in [-0.2, 0) is 20.7 Å². The van der Waals surface area contributed by atoms with E-state index in [0.717, 1.165) is 22.6 Å². The van der Waals surface area contributed by atoms with E-state index in [1.54, 1.807) is 24.3 Å². The van der Waals surface area contributed by atoms with Gasteiger partial charge in [0.05, 0.1) is 18.4 Å². The van der Waals surface area contributed by atoms with Gasteiger partial charge in [-0.2, -0.15) is 0 Å². The number of anilines is 3. The Morgan fingerprint density at radius 1 is 0.917 bits per heavy atom. The number of imide groups is 1. The van der Waals surface area contributed by atoms with Crippen molar-refractivity contribution in [1.29, 1.82) is 0 Å². The minimum absolute atomic E-state index is 0.140. The summed E-state index contributed by atoms with van der Waals surface area (Å²) in [6.07, 6.45) is 0.764. The zero-order chi connectivity index (χ0) is 25.8. The molecule has 0 aliphatic carbocycles. The molecule has 0 unspecified atom stereocenters. The molecule has 1 heterocycles. The Bertz CT molecular complexity index is 1420. The summed E-state index contributed by atoms with van der Waals surface area (Å²) in [5, 5.41) is 5.45. The number of hydrogen-bond donors (Lipinski definition) is 2. The maximum Gasteiger partial charge on any atom is 0.337 e. The second-order valence-corrected chi connectivity index (χ2v) is 8.23. The Morgan fingerprint density at radius 2 is 1.64 bits per heavy atom. The second kappa shape index (κ2) is 10.5. The van der Waals surface area contributed by atoms with E-state index in [1.807, 2.05) is 31.2 Å². The molecule has 4 rings (SSSR count). The molecule has 1 aliphatic rings. The van der Waals surface area contributed by atoms with E-state index >= 15 is 0 Å². The third-order valence-corrected chi connectivity index (χ3v) is 5.94. The molecule has 1 aliphatic heterocycles. The Morgan fingerprint density at radius 3 is 2.39 bits per heavy atom. The predicted molar refractivity (Wildman–Crippen MR) is 137 cm³/mol. The number of nitrogens with one attached hydrogen (secondary N) is 2. The van der Waals surface area contributed by atoms with Crippen molar-refractivity contribution < 1.29 is 23.9 Å². The molecule has 3 aromatic carbocycles. The first-order valence-corrected chi connectivity index (χ1v) is 11.4. The van der Waals surface area contributed by atoms with E-state index in [0.29, 0.717) is 11.3 Å². The van der Waals surface area contributed by atoms with Gasteiger partial charge in [0.15, 0.2) is 0 Å². The van der Waals surface area contributed by atoms with Crippen molar-refractivity contribution in [3.8, 4) is 0 Å². The molecule has 9 heteroatoms. The van der Waals surface area contributed by atoms with Crippen LogP contribution in [0.15, 0.2) is 83.5 Å². The average Bonchev–Trinajstić information content (AvgIpc) is 3.11. The van der Waals surface area contributed by atoms with E-state index in [4.69, 9.17) is 16.3 Å². The first-order chi connectivity index (χ1) is 17.3. The highest BCUT2D eigenvalue weighted by atomic mass is 35.5. The van der Waals surface area contributed by atoms with Gasteiger partial charge in [0.2, 0.25) is 0 Å². The van der Waals surface area contributed by atoms with Gasteiger partial charge in [0, 0.05) is 16.9 Å². The van der Waals surface area contributed by atoms with Crippen LogP contribution in [0.3, 0.4) is 0 Å². The summed E-state index contributed by atoms with van der Waals surface area (Å²) in [5.74, 6) is -2.37. The van der Waals surface area contributed by atoms with Crippen LogP contribution in [-0.4, -0.2) is 30.8 Å². The fraction of sp³-hybridized carbons (Fsp3) is 0.111. The Hall–Kier alpha value is -4.43. The molecule has 0 saturated heterocycles. The first kappa shape index (κ1) is 24.7. The van der Waals surface area contributed by atoms with Gasteiger partial charge in [-0.25, -0.2) is 9.69 Å². The number of hydrogen-bond acceptors (Lipinski definition) is 6. The Balaban J connectivity index is 1.55. The molecular formula is C27H22ClN3O5. The fourth-order valence-electron chi connectivity index (χ4n) is 3.76. The molecule has 0 bridgehead atoms. The molecule has 36 heavy (non-hydrogen) atoms. The summed E-state index contributed by atoms with van der Waals surface area (Å²) in [5.41, 5.74) is 2.67. The average molecular weight is 504 g/mol. The summed E-state index contributed by atoms with van der Waals surface area (Å²) < 4.78 is 4.70. The van der Waals surface area contributed by atoms with E-state index in [2.05, 4.69) is 10.6 Å². The number of carbonyl (C=O) groups excluding carboxylic acids is 4. The number of benzene rings is 3. The van der Waals surface area contributed by atoms with E-state index in [1.165, 1.54) is 31.4 Å². The molecule has 0 radical (unpaired) electrons. The van der Waals surface area contributed by atoms with Crippen LogP contribution in [0.2, 0.25) is 0 Å². The van der Waals surface area contributed by atoms with Crippen molar-refractivity contribution in [2.75, 3.05) is 22.6 Å². The fourth-order valence-corrected chi connectivity index (χ4v) is 3.98. The van der Waals surface area contributed by atoms with Crippen molar-refractivity contribution in [1.82, 2.24) is 0 Å². The minimum atomic E-state index is -0.740. The topological polar surface area (TPSA) is 105 Å². The maximum atomic E-state index is 13.1. The minimum Gasteiger partial charge on any atom is -0.465 e. The SMILES string of the molecule is CCc1ccccc1NC(=O)c1cccc(NC2=C(Cl)C(=O)N(c3cccc(C(=O)OC)c3)C2=O)c1. The molecule has 0 atom stereocenters. The summed E-state index contributed by atoms with van der Waals surface area (Å²) in [6.45, 7) is 2.00. The number of aryl methyl sites for hydroxylation is 1. The first-order valence-electron chi connectivity index (χ1n) is 11.1. The molecule has 0 spiro atoms. The molecule has 0 fully saturated rings. The zero-order valence-electron chi connectivity index (χ0n) is 19.5. The number of rotatable bonds is 7. The highest BCUT2D eigenvalue weighted by Gasteiger charge is 2.39. The molecule has 182 valence electrons. The second-order valence-electron chi connectivity index (χ2n) is 7.85. The lowest BCUT2D eigenvalue weighted by Gasteiger charge is -2.16. The standard InChI is InChI=1S/C27H22ClN3O5/c1-3-16-8-4-5-13-21(16)30-24(32)17-9-6-11-19(14-17)29-23-22(28)25(33)31(26(23)34)20-12-7-10-18(15-20)27(35)36-2/h4-15,29H,3H2,1-2H3,(H,30,32). The van der Waals surface area contributed by atoms with Gasteiger partial charge >= 0.3 is 5.97 Å². The predicted octanol–water partition coefficient (Wildman–Crippen LogP) is 4.72. The lowest BCUT2D eigenvalue weighted by molar-refractivity contribution is -0.120. The molecule has 8 nitrogen and oxygen atoms in total. The molecule has 0 saturated carbocycles. The lowest BCUT2D eigenvalue weighted by Crippen LogP contribution is -2.32. The smallest absolute Gasteiger partial charge is 0.337 e. The quantitative estimate of drug-likeness (QED) is 0.357. The van der Waals surface area contributed by atoms with Gasteiger partial charge in [-0.1, -0.05) is 48.9 Å². The van der Waals surface area contributed by atoms with E-state index in [9.17, 15) is 19.2 Å². The van der Waals surface area contributed by atoms with Crippen LogP contribution in [0.5, 0.6) is 0 Å². The van der Waals surface area contributed by atoms with Gasteiger partial charge < -0.3 is 15.4 Å². The largest absolute Gasteiger partial charge is 0.465 e. The van der Waals surface area contributed by atoms with Crippen LogP contribution in [0.1, 0.15) is 33.2 Å². The van der Waals surface area contributed by atoms with Gasteiger partial charge in [-0.15, -0.1) is 0 Å². The normalized spacial score (nSPS) is 13.1.